The summed E-state index contributed by atoms with van der Waals surface area (Å²) in [6.07, 6.45) is 8.42. The van der Waals surface area contributed by atoms with Crippen LogP contribution in [0.1, 0.15) is 45.4 Å². The van der Waals surface area contributed by atoms with E-state index >= 15 is 0 Å². The minimum atomic E-state index is 0.862. The topological polar surface area (TPSA) is 0 Å². The van der Waals surface area contributed by atoms with Crippen molar-refractivity contribution in [1.29, 1.82) is 0 Å². The van der Waals surface area contributed by atoms with Gasteiger partial charge < -0.3 is 0 Å². The highest BCUT2D eigenvalue weighted by molar-refractivity contribution is 6.17. The standard InChI is InChI=1S/C10H19Cl/c1-2-9-4-3-5-10(8-9)6-7-11/h9-10H,2-8H2,1H3. The molecule has 2 atom stereocenters. The average Bonchev–Trinajstić information content (AvgIpc) is 2.06. The van der Waals surface area contributed by atoms with E-state index in [-0.39, 0.29) is 0 Å². The van der Waals surface area contributed by atoms with Gasteiger partial charge >= 0.3 is 0 Å². The Morgan fingerprint density at radius 2 is 2.00 bits per heavy atom. The smallest absolute Gasteiger partial charge is 0.0226 e. The molecule has 0 heterocycles. The van der Waals surface area contributed by atoms with E-state index in [1.807, 2.05) is 0 Å². The summed E-state index contributed by atoms with van der Waals surface area (Å²) in [4.78, 5) is 0. The van der Waals surface area contributed by atoms with Crippen LogP contribution in [-0.2, 0) is 0 Å². The molecule has 1 aliphatic rings. The quantitative estimate of drug-likeness (QED) is 0.571. The van der Waals surface area contributed by atoms with Crippen LogP contribution >= 0.6 is 11.6 Å². The maximum absolute atomic E-state index is 5.73. The van der Waals surface area contributed by atoms with Crippen molar-refractivity contribution < 1.29 is 0 Å². The Morgan fingerprint density at radius 3 is 2.64 bits per heavy atom. The molecule has 0 bridgehead atoms. The molecule has 0 aliphatic heterocycles. The van der Waals surface area contributed by atoms with Gasteiger partial charge in [-0.3, -0.25) is 0 Å². The van der Waals surface area contributed by atoms with Gasteiger partial charge in [0.05, 0.1) is 0 Å². The average molecular weight is 175 g/mol. The van der Waals surface area contributed by atoms with Gasteiger partial charge in [0.2, 0.25) is 0 Å². The van der Waals surface area contributed by atoms with Crippen LogP contribution in [0, 0.1) is 11.8 Å². The first kappa shape index (κ1) is 9.38. The summed E-state index contributed by atoms with van der Waals surface area (Å²) in [5, 5.41) is 0. The lowest BCUT2D eigenvalue weighted by molar-refractivity contribution is 0.256. The third kappa shape index (κ3) is 3.02. The van der Waals surface area contributed by atoms with Crippen molar-refractivity contribution in [3.8, 4) is 0 Å². The molecule has 1 rings (SSSR count). The van der Waals surface area contributed by atoms with Gasteiger partial charge in [-0.25, -0.2) is 0 Å². The van der Waals surface area contributed by atoms with E-state index in [0.29, 0.717) is 0 Å². The number of hydrogen-bond donors (Lipinski definition) is 0. The summed E-state index contributed by atoms with van der Waals surface area (Å²) >= 11 is 5.73. The third-order valence-corrected chi connectivity index (χ3v) is 3.20. The Labute approximate surface area is 75.3 Å². The van der Waals surface area contributed by atoms with Crippen molar-refractivity contribution in [1.82, 2.24) is 0 Å². The van der Waals surface area contributed by atoms with Crippen LogP contribution in [0.2, 0.25) is 0 Å². The minimum Gasteiger partial charge on any atom is -0.127 e. The first-order chi connectivity index (χ1) is 5.36. The molecule has 0 spiro atoms. The first-order valence-corrected chi connectivity index (χ1v) is 5.46. The molecule has 0 aromatic carbocycles. The number of rotatable bonds is 3. The molecular weight excluding hydrogens is 156 g/mol. The Balaban J connectivity index is 2.21. The summed E-state index contributed by atoms with van der Waals surface area (Å²) in [6.45, 7) is 2.31. The summed E-state index contributed by atoms with van der Waals surface area (Å²) in [5.74, 6) is 2.82. The lowest BCUT2D eigenvalue weighted by Gasteiger charge is -2.27. The second-order valence-corrected chi connectivity index (χ2v) is 4.16. The van der Waals surface area contributed by atoms with E-state index in [1.54, 1.807) is 0 Å². The maximum Gasteiger partial charge on any atom is 0.0226 e. The highest BCUT2D eigenvalue weighted by Gasteiger charge is 2.19. The molecule has 1 heteroatoms. The zero-order valence-corrected chi connectivity index (χ0v) is 8.24. The Kier molecular flexibility index (Phi) is 4.29. The van der Waals surface area contributed by atoms with E-state index in [0.717, 1.165) is 17.7 Å². The summed E-state index contributed by atoms with van der Waals surface area (Å²) < 4.78 is 0. The van der Waals surface area contributed by atoms with E-state index in [2.05, 4.69) is 6.92 Å². The Bertz CT molecular complexity index is 99.0. The van der Waals surface area contributed by atoms with Crippen LogP contribution in [0.5, 0.6) is 0 Å². The van der Waals surface area contributed by atoms with E-state index in [4.69, 9.17) is 11.6 Å². The van der Waals surface area contributed by atoms with Crippen LogP contribution < -0.4 is 0 Å². The largest absolute Gasteiger partial charge is 0.127 e. The second kappa shape index (κ2) is 5.03. The summed E-state index contributed by atoms with van der Waals surface area (Å²) in [6, 6.07) is 0. The van der Waals surface area contributed by atoms with Crippen LogP contribution in [0.4, 0.5) is 0 Å². The summed E-state index contributed by atoms with van der Waals surface area (Å²) in [7, 11) is 0. The lowest BCUT2D eigenvalue weighted by Crippen LogP contribution is -2.15. The molecule has 0 radical (unpaired) electrons. The van der Waals surface area contributed by atoms with Gasteiger partial charge in [-0.2, -0.15) is 0 Å². The Hall–Kier alpha value is 0.290. The molecule has 0 amide bonds. The highest BCUT2D eigenvalue weighted by atomic mass is 35.5. The fourth-order valence-electron chi connectivity index (χ4n) is 2.19. The zero-order valence-electron chi connectivity index (χ0n) is 7.48. The van der Waals surface area contributed by atoms with Gasteiger partial charge in [0.15, 0.2) is 0 Å². The number of halogens is 1. The second-order valence-electron chi connectivity index (χ2n) is 3.78. The van der Waals surface area contributed by atoms with Crippen LogP contribution in [0.25, 0.3) is 0 Å². The number of hydrogen-bond acceptors (Lipinski definition) is 0. The van der Waals surface area contributed by atoms with E-state index in [9.17, 15) is 0 Å². The molecule has 2 unspecified atom stereocenters. The van der Waals surface area contributed by atoms with Gasteiger partial charge in [-0.1, -0.05) is 32.6 Å². The molecule has 1 fully saturated rings. The third-order valence-electron chi connectivity index (χ3n) is 2.99. The molecular formula is C10H19Cl. The first-order valence-electron chi connectivity index (χ1n) is 4.92. The predicted molar refractivity (Wildman–Crippen MR) is 51.1 cm³/mol. The molecule has 1 saturated carbocycles. The monoisotopic (exact) mass is 174 g/mol. The van der Waals surface area contributed by atoms with Crippen molar-refractivity contribution in [2.75, 3.05) is 5.88 Å². The van der Waals surface area contributed by atoms with Crippen LogP contribution in [-0.4, -0.2) is 5.88 Å². The molecule has 1 aliphatic carbocycles. The minimum absolute atomic E-state index is 0.862. The van der Waals surface area contributed by atoms with Crippen molar-refractivity contribution in [3.63, 3.8) is 0 Å². The van der Waals surface area contributed by atoms with Gasteiger partial charge in [0.1, 0.15) is 0 Å². The van der Waals surface area contributed by atoms with Gasteiger partial charge in [0, 0.05) is 5.88 Å². The van der Waals surface area contributed by atoms with Gasteiger partial charge in [0.25, 0.3) is 0 Å². The van der Waals surface area contributed by atoms with E-state index in [1.165, 1.54) is 38.5 Å². The van der Waals surface area contributed by atoms with Crippen molar-refractivity contribution in [3.05, 3.63) is 0 Å². The molecule has 0 nitrogen and oxygen atoms in total. The Morgan fingerprint density at radius 1 is 1.27 bits per heavy atom. The number of alkyl halides is 1. The van der Waals surface area contributed by atoms with Crippen molar-refractivity contribution in [2.24, 2.45) is 11.8 Å². The molecule has 66 valence electrons. The molecule has 0 aromatic heterocycles. The molecule has 0 N–H and O–H groups in total. The zero-order chi connectivity index (χ0) is 8.10. The lowest BCUT2D eigenvalue weighted by atomic mass is 9.79. The van der Waals surface area contributed by atoms with Crippen molar-refractivity contribution in [2.45, 2.75) is 45.4 Å². The fraction of sp³-hybridized carbons (Fsp3) is 1.00. The van der Waals surface area contributed by atoms with Crippen LogP contribution in [0.15, 0.2) is 0 Å². The molecule has 11 heavy (non-hydrogen) atoms. The SMILES string of the molecule is CCC1CCCC(CCCl)C1. The fourth-order valence-corrected chi connectivity index (χ4v) is 2.50. The summed E-state index contributed by atoms with van der Waals surface area (Å²) in [5.41, 5.74) is 0. The highest BCUT2D eigenvalue weighted by Crippen LogP contribution is 2.32. The van der Waals surface area contributed by atoms with Crippen molar-refractivity contribution >= 4 is 11.6 Å². The molecule has 0 aromatic rings. The van der Waals surface area contributed by atoms with E-state index < -0.39 is 0 Å². The van der Waals surface area contributed by atoms with Gasteiger partial charge in [-0.15, -0.1) is 11.6 Å². The van der Waals surface area contributed by atoms with Crippen LogP contribution in [0.3, 0.4) is 0 Å². The molecule has 0 saturated heterocycles. The predicted octanol–water partition coefficient (Wildman–Crippen LogP) is 3.83. The normalized spacial score (nSPS) is 32.2. The maximum atomic E-state index is 5.73. The van der Waals surface area contributed by atoms with Gasteiger partial charge in [-0.05, 0) is 24.7 Å².